The quantitative estimate of drug-likeness (QED) is 0.702. The van der Waals surface area contributed by atoms with E-state index in [1.54, 1.807) is 4.90 Å². The van der Waals surface area contributed by atoms with Crippen LogP contribution in [0.1, 0.15) is 52.4 Å². The summed E-state index contributed by atoms with van der Waals surface area (Å²) >= 11 is 0. The van der Waals surface area contributed by atoms with E-state index in [4.69, 9.17) is 11.5 Å². The standard InChI is InChI=1S/C15H29N3O2/c1-3-4-12(7-9-16)5-6-13(19)18-10-8-15(2,11-18)14(17)20/h12H,3-11,16H2,1-2H3,(H2,17,20). The summed E-state index contributed by atoms with van der Waals surface area (Å²) in [6.45, 7) is 5.80. The van der Waals surface area contributed by atoms with Crippen molar-refractivity contribution in [3.63, 3.8) is 0 Å². The molecule has 2 atom stereocenters. The number of nitrogens with zero attached hydrogens (tertiary/aromatic N) is 1. The summed E-state index contributed by atoms with van der Waals surface area (Å²) in [6.07, 6.45) is 5.37. The third kappa shape index (κ3) is 4.47. The Morgan fingerprint density at radius 2 is 2.00 bits per heavy atom. The van der Waals surface area contributed by atoms with Crippen LogP contribution in [0.25, 0.3) is 0 Å². The fraction of sp³-hybridized carbons (Fsp3) is 0.867. The molecule has 2 amide bonds. The highest BCUT2D eigenvalue weighted by molar-refractivity contribution is 5.83. The highest BCUT2D eigenvalue weighted by Gasteiger charge is 2.40. The van der Waals surface area contributed by atoms with Gasteiger partial charge in [0.25, 0.3) is 0 Å². The zero-order chi connectivity index (χ0) is 15.2. The maximum atomic E-state index is 12.2. The second-order valence-corrected chi connectivity index (χ2v) is 6.26. The molecule has 5 heteroatoms. The van der Waals surface area contributed by atoms with Gasteiger partial charge >= 0.3 is 0 Å². The van der Waals surface area contributed by atoms with Gasteiger partial charge < -0.3 is 16.4 Å². The van der Waals surface area contributed by atoms with Crippen molar-refractivity contribution in [2.24, 2.45) is 22.8 Å². The Kier molecular flexibility index (Phi) is 6.46. The van der Waals surface area contributed by atoms with Gasteiger partial charge in [-0.2, -0.15) is 0 Å². The SMILES string of the molecule is CCCC(CCN)CCC(=O)N1CCC(C)(C(N)=O)C1. The molecule has 1 fully saturated rings. The average molecular weight is 283 g/mol. The lowest BCUT2D eigenvalue weighted by Crippen LogP contribution is -2.38. The van der Waals surface area contributed by atoms with Crippen LogP contribution in [0, 0.1) is 11.3 Å². The molecule has 5 nitrogen and oxygen atoms in total. The maximum Gasteiger partial charge on any atom is 0.225 e. The van der Waals surface area contributed by atoms with Crippen LogP contribution in [-0.2, 0) is 9.59 Å². The Balaban J connectivity index is 2.42. The molecule has 0 aliphatic carbocycles. The highest BCUT2D eigenvalue weighted by atomic mass is 16.2. The molecule has 1 rings (SSSR count). The monoisotopic (exact) mass is 283 g/mol. The van der Waals surface area contributed by atoms with Gasteiger partial charge in [-0.05, 0) is 38.6 Å². The molecular weight excluding hydrogens is 254 g/mol. The molecule has 0 aromatic heterocycles. The Hall–Kier alpha value is -1.10. The second kappa shape index (κ2) is 7.62. The number of primary amides is 1. The summed E-state index contributed by atoms with van der Waals surface area (Å²) in [6, 6.07) is 0. The molecule has 1 aliphatic rings. The zero-order valence-corrected chi connectivity index (χ0v) is 12.9. The fourth-order valence-electron chi connectivity index (χ4n) is 2.94. The van der Waals surface area contributed by atoms with Gasteiger partial charge in [0, 0.05) is 19.5 Å². The second-order valence-electron chi connectivity index (χ2n) is 6.26. The third-order valence-corrected chi connectivity index (χ3v) is 4.46. The molecule has 0 bridgehead atoms. The first kappa shape index (κ1) is 17.0. The van der Waals surface area contributed by atoms with Crippen molar-refractivity contribution in [2.45, 2.75) is 52.4 Å². The normalized spacial score (nSPS) is 23.9. The molecule has 0 aromatic rings. The van der Waals surface area contributed by atoms with E-state index in [0.29, 0.717) is 38.4 Å². The van der Waals surface area contributed by atoms with E-state index < -0.39 is 5.41 Å². The zero-order valence-electron chi connectivity index (χ0n) is 12.9. The lowest BCUT2D eigenvalue weighted by atomic mass is 9.89. The average Bonchev–Trinajstić information content (AvgIpc) is 2.80. The van der Waals surface area contributed by atoms with Crippen molar-refractivity contribution < 1.29 is 9.59 Å². The van der Waals surface area contributed by atoms with Gasteiger partial charge in [0.05, 0.1) is 5.41 Å². The summed E-state index contributed by atoms with van der Waals surface area (Å²) in [5.74, 6) is 0.381. The predicted molar refractivity (Wildman–Crippen MR) is 79.8 cm³/mol. The molecule has 116 valence electrons. The first-order chi connectivity index (χ1) is 9.42. The molecule has 0 aromatic carbocycles. The summed E-state index contributed by atoms with van der Waals surface area (Å²) < 4.78 is 0. The molecule has 1 aliphatic heterocycles. The first-order valence-electron chi connectivity index (χ1n) is 7.70. The van der Waals surface area contributed by atoms with Crippen LogP contribution in [0.2, 0.25) is 0 Å². The van der Waals surface area contributed by atoms with Crippen LogP contribution < -0.4 is 11.5 Å². The molecular formula is C15H29N3O2. The van der Waals surface area contributed by atoms with Crippen LogP contribution in [0.15, 0.2) is 0 Å². The Morgan fingerprint density at radius 3 is 2.50 bits per heavy atom. The van der Waals surface area contributed by atoms with Crippen LogP contribution in [-0.4, -0.2) is 36.3 Å². The maximum absolute atomic E-state index is 12.2. The van der Waals surface area contributed by atoms with E-state index in [0.717, 1.165) is 25.7 Å². The third-order valence-electron chi connectivity index (χ3n) is 4.46. The van der Waals surface area contributed by atoms with Crippen molar-refractivity contribution in [3.05, 3.63) is 0 Å². The molecule has 1 heterocycles. The molecule has 0 radical (unpaired) electrons. The van der Waals surface area contributed by atoms with Crippen LogP contribution in [0.4, 0.5) is 0 Å². The number of nitrogens with two attached hydrogens (primary N) is 2. The van der Waals surface area contributed by atoms with Crippen molar-refractivity contribution in [1.29, 1.82) is 0 Å². The first-order valence-corrected chi connectivity index (χ1v) is 7.70. The highest BCUT2D eigenvalue weighted by Crippen LogP contribution is 2.30. The summed E-state index contributed by atoms with van der Waals surface area (Å²) in [7, 11) is 0. The van der Waals surface area contributed by atoms with Crippen molar-refractivity contribution >= 4 is 11.8 Å². The minimum absolute atomic E-state index is 0.146. The van der Waals surface area contributed by atoms with Crippen molar-refractivity contribution in [2.75, 3.05) is 19.6 Å². The van der Waals surface area contributed by atoms with E-state index >= 15 is 0 Å². The van der Waals surface area contributed by atoms with Crippen LogP contribution >= 0.6 is 0 Å². The lowest BCUT2D eigenvalue weighted by Gasteiger charge is -2.22. The fourth-order valence-corrected chi connectivity index (χ4v) is 2.94. The number of rotatable bonds is 8. The number of hydrogen-bond acceptors (Lipinski definition) is 3. The molecule has 0 saturated carbocycles. The van der Waals surface area contributed by atoms with Gasteiger partial charge in [0.2, 0.25) is 11.8 Å². The molecule has 1 saturated heterocycles. The van der Waals surface area contributed by atoms with Gasteiger partial charge in [0.1, 0.15) is 0 Å². The molecule has 4 N–H and O–H groups in total. The van der Waals surface area contributed by atoms with Gasteiger partial charge in [-0.25, -0.2) is 0 Å². The number of carbonyl (C=O) groups excluding carboxylic acids is 2. The van der Waals surface area contributed by atoms with Gasteiger partial charge in [-0.1, -0.05) is 19.8 Å². The van der Waals surface area contributed by atoms with E-state index in [1.165, 1.54) is 0 Å². The van der Waals surface area contributed by atoms with Crippen molar-refractivity contribution in [1.82, 2.24) is 4.90 Å². The largest absolute Gasteiger partial charge is 0.369 e. The lowest BCUT2D eigenvalue weighted by molar-refractivity contribution is -0.132. The number of hydrogen-bond donors (Lipinski definition) is 2. The topological polar surface area (TPSA) is 89.4 Å². The van der Waals surface area contributed by atoms with Crippen LogP contribution in [0.5, 0.6) is 0 Å². The predicted octanol–water partition coefficient (Wildman–Crippen LogP) is 1.26. The molecule has 20 heavy (non-hydrogen) atoms. The molecule has 0 spiro atoms. The number of amides is 2. The van der Waals surface area contributed by atoms with Gasteiger partial charge in [-0.15, -0.1) is 0 Å². The van der Waals surface area contributed by atoms with E-state index in [2.05, 4.69) is 6.92 Å². The van der Waals surface area contributed by atoms with E-state index in [-0.39, 0.29) is 11.8 Å². The number of likely N-dealkylation sites (tertiary alicyclic amines) is 1. The van der Waals surface area contributed by atoms with E-state index in [1.807, 2.05) is 6.92 Å². The summed E-state index contributed by atoms with van der Waals surface area (Å²) in [5, 5.41) is 0. The molecule has 2 unspecified atom stereocenters. The van der Waals surface area contributed by atoms with Crippen LogP contribution in [0.3, 0.4) is 0 Å². The Morgan fingerprint density at radius 1 is 1.30 bits per heavy atom. The summed E-state index contributed by atoms with van der Waals surface area (Å²) in [5.41, 5.74) is 10.5. The van der Waals surface area contributed by atoms with E-state index in [9.17, 15) is 9.59 Å². The number of carbonyl (C=O) groups is 2. The smallest absolute Gasteiger partial charge is 0.225 e. The minimum atomic E-state index is -0.546. The Labute approximate surface area is 122 Å². The van der Waals surface area contributed by atoms with Gasteiger partial charge in [-0.3, -0.25) is 9.59 Å². The summed E-state index contributed by atoms with van der Waals surface area (Å²) in [4.78, 5) is 25.4. The van der Waals surface area contributed by atoms with Gasteiger partial charge in [0.15, 0.2) is 0 Å². The van der Waals surface area contributed by atoms with Crippen molar-refractivity contribution in [3.8, 4) is 0 Å². The minimum Gasteiger partial charge on any atom is -0.369 e. The Bertz CT molecular complexity index is 340.